The van der Waals surface area contributed by atoms with Crippen molar-refractivity contribution in [2.75, 3.05) is 10.6 Å². The molecule has 0 spiro atoms. The zero-order valence-corrected chi connectivity index (χ0v) is 20.2. The number of anilines is 3. The van der Waals surface area contributed by atoms with Gasteiger partial charge in [-0.2, -0.15) is 0 Å². The number of nitrogens with one attached hydrogen (secondary N) is 3. The Morgan fingerprint density at radius 1 is 0.917 bits per heavy atom. The predicted molar refractivity (Wildman–Crippen MR) is 137 cm³/mol. The minimum absolute atomic E-state index is 0.126. The van der Waals surface area contributed by atoms with Crippen molar-refractivity contribution in [1.29, 1.82) is 0 Å². The van der Waals surface area contributed by atoms with Crippen molar-refractivity contribution in [2.24, 2.45) is 5.92 Å². The normalized spacial score (nSPS) is 19.7. The van der Waals surface area contributed by atoms with E-state index in [1.807, 2.05) is 42.0 Å². The Labute approximate surface area is 209 Å². The van der Waals surface area contributed by atoms with Gasteiger partial charge in [-0.05, 0) is 63.1 Å². The summed E-state index contributed by atoms with van der Waals surface area (Å²) in [5.74, 6) is 0.958. The molecular weight excluding hydrogens is 454 g/mol. The SMILES string of the molecule is Cc1cnc(NC2CCC(C(=O)NC3CC3)CC2)nc1-c1cnc2ccc(Nc3cncnc3)cn12. The van der Waals surface area contributed by atoms with Crippen molar-refractivity contribution in [3.8, 4) is 11.4 Å². The van der Waals surface area contributed by atoms with Gasteiger partial charge < -0.3 is 16.0 Å². The standard InChI is InChI=1S/C26H29N9O/c1-16-10-30-26(33-19-4-2-17(3-5-19)25(36)32-18-6-7-18)34-24(16)22-13-29-23-9-8-20(14-35(22)23)31-21-11-27-15-28-12-21/h8-15,17-19,31H,2-7H2,1H3,(H,32,36)(H,30,33,34). The van der Waals surface area contributed by atoms with E-state index >= 15 is 0 Å². The zero-order chi connectivity index (χ0) is 24.5. The molecule has 0 saturated heterocycles. The average molecular weight is 484 g/mol. The third kappa shape index (κ3) is 4.84. The maximum Gasteiger partial charge on any atom is 0.223 e. The number of aromatic nitrogens is 6. The molecular formula is C26H29N9O. The monoisotopic (exact) mass is 483 g/mol. The summed E-state index contributed by atoms with van der Waals surface area (Å²) in [4.78, 5) is 34.5. The van der Waals surface area contributed by atoms with Crippen LogP contribution < -0.4 is 16.0 Å². The van der Waals surface area contributed by atoms with Gasteiger partial charge in [0.05, 0.1) is 41.4 Å². The molecule has 0 bridgehead atoms. The fourth-order valence-corrected chi connectivity index (χ4v) is 4.76. The lowest BCUT2D eigenvalue weighted by Crippen LogP contribution is -2.37. The van der Waals surface area contributed by atoms with Gasteiger partial charge in [0.15, 0.2) is 0 Å². The second-order valence-corrected chi connectivity index (χ2v) is 9.74. The topological polar surface area (TPSA) is 122 Å². The molecule has 3 N–H and O–H groups in total. The quantitative estimate of drug-likeness (QED) is 0.362. The summed E-state index contributed by atoms with van der Waals surface area (Å²) < 4.78 is 2.02. The second kappa shape index (κ2) is 9.52. The molecule has 184 valence electrons. The predicted octanol–water partition coefficient (Wildman–Crippen LogP) is 3.88. The highest BCUT2D eigenvalue weighted by Gasteiger charge is 2.30. The van der Waals surface area contributed by atoms with Gasteiger partial charge in [0.1, 0.15) is 12.0 Å². The smallest absolute Gasteiger partial charge is 0.223 e. The molecule has 2 fully saturated rings. The van der Waals surface area contributed by atoms with Crippen LogP contribution in [-0.4, -0.2) is 47.3 Å². The first-order valence-electron chi connectivity index (χ1n) is 12.5. The summed E-state index contributed by atoms with van der Waals surface area (Å²) in [5, 5.41) is 9.97. The van der Waals surface area contributed by atoms with Crippen molar-refractivity contribution < 1.29 is 4.79 Å². The lowest BCUT2D eigenvalue weighted by atomic mass is 9.85. The molecule has 4 aromatic rings. The van der Waals surface area contributed by atoms with Crippen LogP contribution >= 0.6 is 0 Å². The van der Waals surface area contributed by atoms with E-state index in [2.05, 4.69) is 35.9 Å². The van der Waals surface area contributed by atoms with E-state index in [0.717, 1.165) is 72.5 Å². The number of carbonyl (C=O) groups is 1. The van der Waals surface area contributed by atoms with Crippen molar-refractivity contribution >= 4 is 28.9 Å². The molecule has 4 heterocycles. The van der Waals surface area contributed by atoms with Crippen LogP contribution in [-0.2, 0) is 4.79 Å². The molecule has 10 nitrogen and oxygen atoms in total. The third-order valence-electron chi connectivity index (χ3n) is 6.92. The molecule has 0 radical (unpaired) electrons. The fraction of sp³-hybridized carbons (Fsp3) is 0.385. The Balaban J connectivity index is 1.18. The summed E-state index contributed by atoms with van der Waals surface area (Å²) in [6.07, 6.45) is 16.6. The number of hydrogen-bond donors (Lipinski definition) is 3. The van der Waals surface area contributed by atoms with Crippen molar-refractivity contribution in [3.05, 3.63) is 55.0 Å². The van der Waals surface area contributed by atoms with Crippen molar-refractivity contribution in [1.82, 2.24) is 34.6 Å². The van der Waals surface area contributed by atoms with E-state index in [1.54, 1.807) is 12.4 Å². The first-order valence-corrected chi connectivity index (χ1v) is 12.5. The highest BCUT2D eigenvalue weighted by Crippen LogP contribution is 2.29. The van der Waals surface area contributed by atoms with Crippen LogP contribution in [0.5, 0.6) is 0 Å². The highest BCUT2D eigenvalue weighted by atomic mass is 16.2. The molecule has 2 aliphatic carbocycles. The number of imidazole rings is 1. The number of amides is 1. The lowest BCUT2D eigenvalue weighted by Gasteiger charge is -2.28. The van der Waals surface area contributed by atoms with Crippen LogP contribution in [0, 0.1) is 12.8 Å². The number of carbonyl (C=O) groups excluding carboxylic acids is 1. The van der Waals surface area contributed by atoms with E-state index in [9.17, 15) is 4.79 Å². The minimum Gasteiger partial charge on any atom is -0.353 e. The van der Waals surface area contributed by atoms with Crippen LogP contribution in [0.4, 0.5) is 17.3 Å². The molecule has 4 aromatic heterocycles. The Hall–Kier alpha value is -4.08. The number of rotatable bonds is 7. The molecule has 0 unspecified atom stereocenters. The van der Waals surface area contributed by atoms with E-state index in [0.29, 0.717) is 12.0 Å². The first kappa shape index (κ1) is 22.4. The van der Waals surface area contributed by atoms with Gasteiger partial charge in [0.25, 0.3) is 0 Å². The maximum atomic E-state index is 12.4. The Bertz CT molecular complexity index is 1370. The van der Waals surface area contributed by atoms with E-state index in [-0.39, 0.29) is 17.9 Å². The zero-order valence-electron chi connectivity index (χ0n) is 20.2. The molecule has 2 aliphatic rings. The third-order valence-corrected chi connectivity index (χ3v) is 6.92. The summed E-state index contributed by atoms with van der Waals surface area (Å²) in [6.45, 7) is 2.01. The number of nitrogens with zero attached hydrogens (tertiary/aromatic N) is 6. The molecule has 0 aliphatic heterocycles. The lowest BCUT2D eigenvalue weighted by molar-refractivity contribution is -0.126. The van der Waals surface area contributed by atoms with E-state index < -0.39 is 0 Å². The molecule has 1 amide bonds. The minimum atomic E-state index is 0.126. The van der Waals surface area contributed by atoms with Gasteiger partial charge in [-0.3, -0.25) is 9.20 Å². The van der Waals surface area contributed by atoms with Crippen molar-refractivity contribution in [3.63, 3.8) is 0 Å². The van der Waals surface area contributed by atoms with Crippen LogP contribution in [0.15, 0.2) is 49.4 Å². The summed E-state index contributed by atoms with van der Waals surface area (Å²) in [6, 6.07) is 4.62. The van der Waals surface area contributed by atoms with Crippen LogP contribution in [0.1, 0.15) is 44.1 Å². The Morgan fingerprint density at radius 2 is 1.69 bits per heavy atom. The van der Waals surface area contributed by atoms with E-state index in [1.165, 1.54) is 6.33 Å². The summed E-state index contributed by atoms with van der Waals surface area (Å²) in [5.41, 5.74) is 5.22. The van der Waals surface area contributed by atoms with E-state index in [4.69, 9.17) is 4.98 Å². The summed E-state index contributed by atoms with van der Waals surface area (Å²) >= 11 is 0. The first-order chi connectivity index (χ1) is 17.6. The molecule has 36 heavy (non-hydrogen) atoms. The Kier molecular flexibility index (Phi) is 5.92. The van der Waals surface area contributed by atoms with Gasteiger partial charge in [-0.15, -0.1) is 0 Å². The van der Waals surface area contributed by atoms with Crippen molar-refractivity contribution in [2.45, 2.75) is 57.5 Å². The average Bonchev–Trinajstić information content (AvgIpc) is 3.62. The number of fused-ring (bicyclic) bond motifs is 1. The van der Waals surface area contributed by atoms with Crippen LogP contribution in [0.2, 0.25) is 0 Å². The fourth-order valence-electron chi connectivity index (χ4n) is 4.76. The van der Waals surface area contributed by atoms with Crippen LogP contribution in [0.3, 0.4) is 0 Å². The second-order valence-electron chi connectivity index (χ2n) is 9.74. The number of aryl methyl sites for hydroxylation is 1. The van der Waals surface area contributed by atoms with Gasteiger partial charge in [-0.1, -0.05) is 0 Å². The van der Waals surface area contributed by atoms with Gasteiger partial charge in [0, 0.05) is 30.4 Å². The van der Waals surface area contributed by atoms with Gasteiger partial charge >= 0.3 is 0 Å². The molecule has 2 saturated carbocycles. The number of pyridine rings is 1. The van der Waals surface area contributed by atoms with Gasteiger partial charge in [-0.25, -0.2) is 24.9 Å². The molecule has 0 aromatic carbocycles. The molecule has 6 rings (SSSR count). The largest absolute Gasteiger partial charge is 0.353 e. The summed E-state index contributed by atoms with van der Waals surface area (Å²) in [7, 11) is 0. The van der Waals surface area contributed by atoms with Crippen LogP contribution in [0.25, 0.3) is 17.0 Å². The molecule has 0 atom stereocenters. The number of hydrogen-bond acceptors (Lipinski definition) is 8. The highest BCUT2D eigenvalue weighted by molar-refractivity contribution is 5.79. The Morgan fingerprint density at radius 3 is 2.47 bits per heavy atom. The van der Waals surface area contributed by atoms with Gasteiger partial charge in [0.2, 0.25) is 11.9 Å². The molecule has 10 heteroatoms. The maximum absolute atomic E-state index is 12.4.